The van der Waals surface area contributed by atoms with Crippen LogP contribution < -0.4 is 0 Å². The second-order valence-electron chi connectivity index (χ2n) is 8.07. The third-order valence-corrected chi connectivity index (χ3v) is 7.84. The molecule has 2 heterocycles. The van der Waals surface area contributed by atoms with Gasteiger partial charge in [-0.2, -0.15) is 0 Å². The van der Waals surface area contributed by atoms with E-state index in [9.17, 15) is 13.2 Å². The summed E-state index contributed by atoms with van der Waals surface area (Å²) in [6.45, 7) is 4.21. The zero-order valence-corrected chi connectivity index (χ0v) is 17.0. The molecule has 5 nitrogen and oxygen atoms in total. The first kappa shape index (κ1) is 19.2. The quantitative estimate of drug-likeness (QED) is 0.728. The van der Waals surface area contributed by atoms with E-state index >= 15 is 0 Å². The molecule has 6 heteroatoms. The minimum atomic E-state index is -3.35. The van der Waals surface area contributed by atoms with E-state index in [1.807, 2.05) is 66.4 Å². The van der Waals surface area contributed by atoms with Gasteiger partial charge in [0.15, 0.2) is 0 Å². The van der Waals surface area contributed by atoms with E-state index in [-0.39, 0.29) is 17.1 Å². The van der Waals surface area contributed by atoms with Gasteiger partial charge in [0, 0.05) is 26.2 Å². The highest BCUT2D eigenvalue weighted by Gasteiger charge is 2.53. The van der Waals surface area contributed by atoms with Gasteiger partial charge in [0.25, 0.3) is 0 Å². The number of benzene rings is 2. The third kappa shape index (κ3) is 3.71. The Hall–Kier alpha value is -2.18. The van der Waals surface area contributed by atoms with Crippen LogP contribution in [-0.2, 0) is 27.1 Å². The molecule has 2 aliphatic heterocycles. The van der Waals surface area contributed by atoms with Crippen LogP contribution in [-0.4, -0.2) is 43.2 Å². The summed E-state index contributed by atoms with van der Waals surface area (Å²) >= 11 is 0. The highest BCUT2D eigenvalue weighted by molar-refractivity contribution is 7.88. The molecule has 0 unspecified atom stereocenters. The van der Waals surface area contributed by atoms with Gasteiger partial charge in [-0.05, 0) is 30.9 Å². The molecule has 2 aliphatic rings. The second-order valence-corrected chi connectivity index (χ2v) is 10.0. The van der Waals surface area contributed by atoms with Crippen molar-refractivity contribution in [1.82, 2.24) is 9.21 Å². The molecule has 0 radical (unpaired) electrons. The first-order valence-electron chi connectivity index (χ1n) is 9.75. The Labute approximate surface area is 167 Å². The Morgan fingerprint density at radius 3 is 2.18 bits per heavy atom. The third-order valence-electron chi connectivity index (χ3n) is 5.99. The summed E-state index contributed by atoms with van der Waals surface area (Å²) in [6.07, 6.45) is 1.23. The lowest BCUT2D eigenvalue weighted by atomic mass is 9.71. The zero-order chi connectivity index (χ0) is 19.8. The number of piperidine rings is 1. The molecule has 1 amide bonds. The van der Waals surface area contributed by atoms with Crippen LogP contribution in [0.4, 0.5) is 0 Å². The highest BCUT2D eigenvalue weighted by Crippen LogP contribution is 2.43. The van der Waals surface area contributed by atoms with Gasteiger partial charge in [0.1, 0.15) is 0 Å². The number of amides is 1. The summed E-state index contributed by atoms with van der Waals surface area (Å²) in [4.78, 5) is 14.7. The topological polar surface area (TPSA) is 57.7 Å². The van der Waals surface area contributed by atoms with E-state index in [0.717, 1.165) is 23.2 Å². The van der Waals surface area contributed by atoms with Crippen molar-refractivity contribution in [3.8, 4) is 0 Å². The molecule has 28 heavy (non-hydrogen) atoms. The number of hydrogen-bond acceptors (Lipinski definition) is 3. The first-order valence-corrected chi connectivity index (χ1v) is 11.4. The van der Waals surface area contributed by atoms with Crippen molar-refractivity contribution in [2.45, 2.75) is 32.1 Å². The number of β-lactam (4-membered cyclic amide) rings is 1. The van der Waals surface area contributed by atoms with E-state index < -0.39 is 10.0 Å². The van der Waals surface area contributed by atoms with E-state index in [2.05, 4.69) is 0 Å². The second kappa shape index (κ2) is 7.33. The molecule has 0 aliphatic carbocycles. The molecular weight excluding hydrogens is 372 g/mol. The summed E-state index contributed by atoms with van der Waals surface area (Å²) in [5, 5.41) is 0. The summed E-state index contributed by atoms with van der Waals surface area (Å²) in [5.41, 5.74) is 2.69. The Morgan fingerprint density at radius 2 is 1.57 bits per heavy atom. The molecule has 0 saturated carbocycles. The summed E-state index contributed by atoms with van der Waals surface area (Å²) in [6, 6.07) is 17.6. The van der Waals surface area contributed by atoms with Crippen LogP contribution in [0.3, 0.4) is 0 Å². The van der Waals surface area contributed by atoms with Crippen molar-refractivity contribution in [1.29, 1.82) is 0 Å². The highest BCUT2D eigenvalue weighted by atomic mass is 32.2. The maximum atomic E-state index is 12.8. The fraction of sp³-hybridized carbons (Fsp3) is 0.409. The number of aryl methyl sites for hydroxylation is 1. The van der Waals surface area contributed by atoms with Crippen LogP contribution in [0, 0.1) is 12.3 Å². The molecule has 0 N–H and O–H groups in total. The Kier molecular flexibility index (Phi) is 5.02. The van der Waals surface area contributed by atoms with Crippen LogP contribution in [0.1, 0.15) is 29.5 Å². The predicted molar refractivity (Wildman–Crippen MR) is 109 cm³/mol. The lowest BCUT2D eigenvalue weighted by Gasteiger charge is -2.52. The maximum Gasteiger partial charge on any atom is 0.231 e. The summed E-state index contributed by atoms with van der Waals surface area (Å²) < 4.78 is 27.1. The minimum Gasteiger partial charge on any atom is -0.337 e. The average Bonchev–Trinajstić information content (AvgIpc) is 2.70. The van der Waals surface area contributed by atoms with Gasteiger partial charge in [-0.15, -0.1) is 0 Å². The van der Waals surface area contributed by atoms with Gasteiger partial charge in [-0.1, -0.05) is 60.2 Å². The fourth-order valence-corrected chi connectivity index (χ4v) is 5.77. The van der Waals surface area contributed by atoms with Crippen molar-refractivity contribution in [2.75, 3.05) is 19.6 Å². The lowest BCUT2D eigenvalue weighted by Crippen LogP contribution is -2.64. The van der Waals surface area contributed by atoms with Gasteiger partial charge in [0.05, 0.1) is 11.2 Å². The average molecular weight is 399 g/mol. The molecule has 4 rings (SSSR count). The van der Waals surface area contributed by atoms with Crippen molar-refractivity contribution in [2.24, 2.45) is 5.41 Å². The number of likely N-dealkylation sites (tertiary alicyclic amines) is 1. The van der Waals surface area contributed by atoms with Crippen LogP contribution in [0.2, 0.25) is 0 Å². The van der Waals surface area contributed by atoms with Gasteiger partial charge < -0.3 is 4.90 Å². The van der Waals surface area contributed by atoms with E-state index in [0.29, 0.717) is 32.5 Å². The Morgan fingerprint density at radius 1 is 0.929 bits per heavy atom. The number of carbonyl (C=O) groups is 1. The Balaban J connectivity index is 1.34. The van der Waals surface area contributed by atoms with Crippen LogP contribution in [0.15, 0.2) is 54.6 Å². The van der Waals surface area contributed by atoms with Gasteiger partial charge in [-0.3, -0.25) is 4.79 Å². The normalized spacial score (nSPS) is 19.6. The lowest BCUT2D eigenvalue weighted by molar-refractivity contribution is -0.165. The van der Waals surface area contributed by atoms with E-state index in [1.54, 1.807) is 4.31 Å². The zero-order valence-electron chi connectivity index (χ0n) is 16.2. The largest absolute Gasteiger partial charge is 0.337 e. The van der Waals surface area contributed by atoms with Crippen LogP contribution in [0.25, 0.3) is 0 Å². The maximum absolute atomic E-state index is 12.8. The first-order chi connectivity index (χ1) is 13.4. The standard InChI is InChI=1S/C22H26N2O3S/c1-18-7-9-20(10-8-18)16-28(26,27)24-13-11-22(12-14-24)17-23(21(22)25)15-19-5-3-2-4-6-19/h2-10H,11-17H2,1H3. The molecule has 1 spiro atoms. The summed E-state index contributed by atoms with van der Waals surface area (Å²) in [7, 11) is -3.35. The number of sulfonamides is 1. The molecule has 0 aromatic heterocycles. The van der Waals surface area contributed by atoms with Gasteiger partial charge in [-0.25, -0.2) is 12.7 Å². The molecule has 2 aromatic carbocycles. The number of rotatable bonds is 5. The van der Waals surface area contributed by atoms with Crippen molar-refractivity contribution in [3.63, 3.8) is 0 Å². The SMILES string of the molecule is Cc1ccc(CS(=O)(=O)N2CCC3(CC2)CN(Cc2ccccc2)C3=O)cc1. The van der Waals surface area contributed by atoms with Crippen molar-refractivity contribution in [3.05, 3.63) is 71.3 Å². The number of hydrogen-bond donors (Lipinski definition) is 0. The molecule has 2 fully saturated rings. The number of carbonyl (C=O) groups excluding carboxylic acids is 1. The van der Waals surface area contributed by atoms with Crippen molar-refractivity contribution < 1.29 is 13.2 Å². The van der Waals surface area contributed by atoms with E-state index in [1.165, 1.54) is 0 Å². The van der Waals surface area contributed by atoms with Crippen molar-refractivity contribution >= 4 is 15.9 Å². The number of nitrogens with zero attached hydrogens (tertiary/aromatic N) is 2. The summed E-state index contributed by atoms with van der Waals surface area (Å²) in [5.74, 6) is 0.195. The van der Waals surface area contributed by atoms with E-state index in [4.69, 9.17) is 0 Å². The molecule has 0 atom stereocenters. The minimum absolute atomic E-state index is 0.0222. The van der Waals surface area contributed by atoms with Gasteiger partial charge >= 0.3 is 0 Å². The monoisotopic (exact) mass is 398 g/mol. The fourth-order valence-electron chi connectivity index (χ4n) is 4.23. The molecule has 2 aromatic rings. The molecular formula is C22H26N2O3S. The Bertz CT molecular complexity index is 947. The van der Waals surface area contributed by atoms with Crippen LogP contribution in [0.5, 0.6) is 0 Å². The van der Waals surface area contributed by atoms with Crippen LogP contribution >= 0.6 is 0 Å². The smallest absolute Gasteiger partial charge is 0.231 e. The molecule has 2 saturated heterocycles. The predicted octanol–water partition coefficient (Wildman–Crippen LogP) is 2.95. The molecule has 148 valence electrons. The van der Waals surface area contributed by atoms with Gasteiger partial charge in [0.2, 0.25) is 15.9 Å². The molecule has 0 bridgehead atoms.